The Balaban J connectivity index is 1.97. The van der Waals surface area contributed by atoms with Crippen molar-refractivity contribution in [2.45, 2.75) is 18.9 Å². The number of hydrogen-bond donors (Lipinski definition) is 2. The molecule has 0 aromatic heterocycles. The Morgan fingerprint density at radius 3 is 3.11 bits per heavy atom. The molecular formula is C13H18N2O3. The van der Waals surface area contributed by atoms with Gasteiger partial charge in [-0.1, -0.05) is 6.07 Å². The van der Waals surface area contributed by atoms with Gasteiger partial charge in [0.2, 0.25) is 0 Å². The van der Waals surface area contributed by atoms with E-state index in [9.17, 15) is 9.90 Å². The quantitative estimate of drug-likeness (QED) is 0.839. The van der Waals surface area contributed by atoms with Gasteiger partial charge in [0.05, 0.1) is 13.2 Å². The molecule has 1 aromatic carbocycles. The number of amides is 2. The summed E-state index contributed by atoms with van der Waals surface area (Å²) in [6, 6.07) is 7.03. The molecule has 5 nitrogen and oxygen atoms in total. The fraction of sp³-hybridized carbons (Fsp3) is 0.462. The topological polar surface area (TPSA) is 61.8 Å². The van der Waals surface area contributed by atoms with Crippen LogP contribution in [0.2, 0.25) is 0 Å². The second-order valence-corrected chi connectivity index (χ2v) is 4.40. The minimum Gasteiger partial charge on any atom is -0.497 e. The van der Waals surface area contributed by atoms with E-state index < -0.39 is 6.10 Å². The number of hydrogen-bond acceptors (Lipinski definition) is 3. The van der Waals surface area contributed by atoms with E-state index in [4.69, 9.17) is 4.74 Å². The number of nitrogens with zero attached hydrogens (tertiary/aromatic N) is 1. The summed E-state index contributed by atoms with van der Waals surface area (Å²) in [5, 5.41) is 12.3. The minimum atomic E-state index is -0.408. The number of carbonyl (C=O) groups is 1. The summed E-state index contributed by atoms with van der Waals surface area (Å²) in [6.07, 6.45) is 1.20. The van der Waals surface area contributed by atoms with Crippen LogP contribution in [0.5, 0.6) is 5.75 Å². The molecule has 0 saturated carbocycles. The number of aliphatic hydroxyl groups excluding tert-OH is 1. The number of benzene rings is 1. The van der Waals surface area contributed by atoms with Crippen molar-refractivity contribution in [2.24, 2.45) is 0 Å². The molecule has 1 aliphatic heterocycles. The highest BCUT2D eigenvalue weighted by molar-refractivity contribution is 5.89. The van der Waals surface area contributed by atoms with Crippen LogP contribution in [0.3, 0.4) is 0 Å². The molecule has 5 heteroatoms. The highest BCUT2D eigenvalue weighted by Gasteiger charge is 2.21. The zero-order chi connectivity index (χ0) is 13.0. The van der Waals surface area contributed by atoms with Gasteiger partial charge < -0.3 is 20.1 Å². The van der Waals surface area contributed by atoms with Gasteiger partial charge in [-0.3, -0.25) is 0 Å². The molecule has 0 radical (unpaired) electrons. The van der Waals surface area contributed by atoms with Gasteiger partial charge in [0, 0.05) is 24.8 Å². The molecule has 18 heavy (non-hydrogen) atoms. The Labute approximate surface area is 106 Å². The Bertz CT molecular complexity index is 422. The number of likely N-dealkylation sites (tertiary alicyclic amines) is 1. The number of carbonyl (C=O) groups excluding carboxylic acids is 1. The minimum absolute atomic E-state index is 0.179. The Morgan fingerprint density at radius 2 is 2.39 bits per heavy atom. The Hall–Kier alpha value is -1.75. The van der Waals surface area contributed by atoms with E-state index in [0.29, 0.717) is 24.5 Å². The second kappa shape index (κ2) is 5.73. The zero-order valence-corrected chi connectivity index (χ0v) is 10.4. The number of nitrogens with one attached hydrogen (secondary N) is 1. The first-order valence-electron chi connectivity index (χ1n) is 6.07. The highest BCUT2D eigenvalue weighted by Crippen LogP contribution is 2.18. The molecule has 0 bridgehead atoms. The molecule has 1 atom stereocenters. The van der Waals surface area contributed by atoms with Crippen LogP contribution in [0.15, 0.2) is 24.3 Å². The third-order valence-electron chi connectivity index (χ3n) is 3.00. The summed E-state index contributed by atoms with van der Waals surface area (Å²) in [6.45, 7) is 1.09. The van der Waals surface area contributed by atoms with Gasteiger partial charge in [0.25, 0.3) is 0 Å². The van der Waals surface area contributed by atoms with Crippen molar-refractivity contribution in [1.29, 1.82) is 0 Å². The maximum atomic E-state index is 12.0. The van der Waals surface area contributed by atoms with Gasteiger partial charge >= 0.3 is 6.03 Å². The van der Waals surface area contributed by atoms with E-state index in [1.54, 1.807) is 24.1 Å². The van der Waals surface area contributed by atoms with E-state index >= 15 is 0 Å². The second-order valence-electron chi connectivity index (χ2n) is 4.40. The highest BCUT2D eigenvalue weighted by atomic mass is 16.5. The number of ether oxygens (including phenoxy) is 1. The van der Waals surface area contributed by atoms with Crippen molar-refractivity contribution in [3.8, 4) is 5.75 Å². The van der Waals surface area contributed by atoms with Crippen molar-refractivity contribution in [3.63, 3.8) is 0 Å². The SMILES string of the molecule is COc1cccc(NC(=O)N2CCC[C@H](O)C2)c1. The maximum absolute atomic E-state index is 12.0. The Kier molecular flexibility index (Phi) is 4.04. The predicted molar refractivity (Wildman–Crippen MR) is 68.8 cm³/mol. The molecule has 1 heterocycles. The van der Waals surface area contributed by atoms with Gasteiger partial charge in [0.15, 0.2) is 0 Å². The Morgan fingerprint density at radius 1 is 1.56 bits per heavy atom. The van der Waals surface area contributed by atoms with Crippen LogP contribution < -0.4 is 10.1 Å². The molecule has 2 amide bonds. The van der Waals surface area contributed by atoms with Crippen LogP contribution >= 0.6 is 0 Å². The number of β-amino-alcohol motifs (C(OH)–C–C–N with tert-alkyl or cyclic N) is 1. The molecule has 98 valence electrons. The average molecular weight is 250 g/mol. The lowest BCUT2D eigenvalue weighted by atomic mass is 10.1. The van der Waals surface area contributed by atoms with Crippen molar-refractivity contribution in [3.05, 3.63) is 24.3 Å². The predicted octanol–water partition coefficient (Wildman–Crippen LogP) is 1.68. The standard InChI is InChI=1S/C13H18N2O3/c1-18-12-6-2-4-10(8-12)14-13(17)15-7-3-5-11(16)9-15/h2,4,6,8,11,16H,3,5,7,9H2,1H3,(H,14,17)/t11-/m0/s1. The molecule has 2 rings (SSSR count). The first kappa shape index (κ1) is 12.7. The summed E-state index contributed by atoms with van der Waals surface area (Å²) in [7, 11) is 1.59. The lowest BCUT2D eigenvalue weighted by Gasteiger charge is -2.30. The van der Waals surface area contributed by atoms with Crippen LogP contribution in [0.25, 0.3) is 0 Å². The molecule has 1 saturated heterocycles. The summed E-state index contributed by atoms with van der Waals surface area (Å²) >= 11 is 0. The van der Waals surface area contributed by atoms with Crippen molar-refractivity contribution in [2.75, 3.05) is 25.5 Å². The van der Waals surface area contributed by atoms with E-state index in [1.807, 2.05) is 12.1 Å². The molecular weight excluding hydrogens is 232 g/mol. The van der Waals surface area contributed by atoms with E-state index in [1.165, 1.54) is 0 Å². The lowest BCUT2D eigenvalue weighted by molar-refractivity contribution is 0.0883. The van der Waals surface area contributed by atoms with Crippen molar-refractivity contribution in [1.82, 2.24) is 4.90 Å². The molecule has 2 N–H and O–H groups in total. The van der Waals surface area contributed by atoms with Crippen molar-refractivity contribution >= 4 is 11.7 Å². The van der Waals surface area contributed by atoms with Crippen LogP contribution in [0, 0.1) is 0 Å². The fourth-order valence-electron chi connectivity index (χ4n) is 2.04. The van der Waals surface area contributed by atoms with E-state index in [-0.39, 0.29) is 6.03 Å². The van der Waals surface area contributed by atoms with Gasteiger partial charge in [-0.05, 0) is 25.0 Å². The zero-order valence-electron chi connectivity index (χ0n) is 10.4. The van der Waals surface area contributed by atoms with Crippen LogP contribution in [-0.4, -0.2) is 42.3 Å². The molecule has 1 aromatic rings. The first-order valence-corrected chi connectivity index (χ1v) is 6.07. The van der Waals surface area contributed by atoms with Crippen LogP contribution in [0.1, 0.15) is 12.8 Å². The largest absolute Gasteiger partial charge is 0.497 e. The molecule has 0 spiro atoms. The summed E-state index contributed by atoms with van der Waals surface area (Å²) in [4.78, 5) is 13.6. The number of urea groups is 1. The van der Waals surface area contributed by atoms with Gasteiger partial charge in [-0.2, -0.15) is 0 Å². The maximum Gasteiger partial charge on any atom is 0.321 e. The number of aliphatic hydroxyl groups is 1. The fourth-order valence-corrected chi connectivity index (χ4v) is 2.04. The summed E-state index contributed by atoms with van der Waals surface area (Å²) in [5.74, 6) is 0.700. The number of rotatable bonds is 2. The van der Waals surface area contributed by atoms with Crippen molar-refractivity contribution < 1.29 is 14.6 Å². The smallest absolute Gasteiger partial charge is 0.321 e. The van der Waals surface area contributed by atoms with Gasteiger partial charge in [-0.25, -0.2) is 4.79 Å². The average Bonchev–Trinajstić information content (AvgIpc) is 2.39. The van der Waals surface area contributed by atoms with Crippen LogP contribution in [0.4, 0.5) is 10.5 Å². The van der Waals surface area contributed by atoms with Gasteiger partial charge in [-0.15, -0.1) is 0 Å². The molecule has 0 unspecified atom stereocenters. The van der Waals surface area contributed by atoms with Gasteiger partial charge in [0.1, 0.15) is 5.75 Å². The number of anilines is 1. The number of methoxy groups -OCH3 is 1. The molecule has 1 aliphatic rings. The van der Waals surface area contributed by atoms with E-state index in [0.717, 1.165) is 12.8 Å². The van der Waals surface area contributed by atoms with E-state index in [2.05, 4.69) is 5.32 Å². The third-order valence-corrected chi connectivity index (χ3v) is 3.00. The molecule has 1 fully saturated rings. The monoisotopic (exact) mass is 250 g/mol. The summed E-state index contributed by atoms with van der Waals surface area (Å²) in [5.41, 5.74) is 0.694. The normalized spacial score (nSPS) is 19.4. The summed E-state index contributed by atoms with van der Waals surface area (Å²) < 4.78 is 5.09. The third kappa shape index (κ3) is 3.13. The molecule has 0 aliphatic carbocycles. The van der Waals surface area contributed by atoms with Crippen LogP contribution in [-0.2, 0) is 0 Å². The first-order chi connectivity index (χ1) is 8.69. The lowest BCUT2D eigenvalue weighted by Crippen LogP contribution is -2.44. The number of piperidine rings is 1.